The lowest BCUT2D eigenvalue weighted by Crippen LogP contribution is -2.43. The highest BCUT2D eigenvalue weighted by Gasteiger charge is 2.57. The number of nitrogens with zero attached hydrogens (tertiary/aromatic N) is 2. The van der Waals surface area contributed by atoms with Crippen molar-refractivity contribution < 1.29 is 27.9 Å². The summed E-state index contributed by atoms with van der Waals surface area (Å²) >= 11 is 0.884. The van der Waals surface area contributed by atoms with E-state index >= 15 is 0 Å². The van der Waals surface area contributed by atoms with Crippen molar-refractivity contribution >= 4 is 33.4 Å². The van der Waals surface area contributed by atoms with E-state index in [-0.39, 0.29) is 21.5 Å². The topological polar surface area (TPSA) is 70.5 Å². The van der Waals surface area contributed by atoms with E-state index in [2.05, 4.69) is 4.98 Å². The third kappa shape index (κ3) is 2.48. The lowest BCUT2D eigenvalue weighted by Gasteiger charge is -2.24. The van der Waals surface area contributed by atoms with Crippen molar-refractivity contribution in [1.82, 2.24) is 9.88 Å². The van der Waals surface area contributed by atoms with Gasteiger partial charge < -0.3 is 10.0 Å². The number of pyridine rings is 1. The number of thiophene rings is 1. The number of halogens is 3. The minimum atomic E-state index is -4.55. The van der Waals surface area contributed by atoms with Crippen LogP contribution in [0.4, 0.5) is 13.2 Å². The van der Waals surface area contributed by atoms with Gasteiger partial charge in [0.1, 0.15) is 16.6 Å². The summed E-state index contributed by atoms with van der Waals surface area (Å²) in [5.41, 5.74) is -0.470. The average Bonchev–Trinajstić information content (AvgIpc) is 3.06. The fourth-order valence-electron chi connectivity index (χ4n) is 3.58. The van der Waals surface area contributed by atoms with E-state index in [1.54, 1.807) is 6.92 Å². The quantitative estimate of drug-likeness (QED) is 0.882. The number of rotatable bonds is 2. The fourth-order valence-corrected chi connectivity index (χ4v) is 4.72. The lowest BCUT2D eigenvalue weighted by atomic mass is 10.1. The maximum Gasteiger partial charge on any atom is 0.433 e. The maximum absolute atomic E-state index is 12.8. The molecule has 25 heavy (non-hydrogen) atoms. The number of carbonyl (C=O) groups is 2. The van der Waals surface area contributed by atoms with Crippen LogP contribution in [0.3, 0.4) is 0 Å². The molecule has 132 valence electrons. The molecule has 0 unspecified atom stereocenters. The molecule has 1 amide bonds. The summed E-state index contributed by atoms with van der Waals surface area (Å²) in [6.07, 6.45) is -3.75. The van der Waals surface area contributed by atoms with Crippen LogP contribution in [0, 0.1) is 18.8 Å². The Bertz CT molecular complexity index is 908. The van der Waals surface area contributed by atoms with Crippen molar-refractivity contribution in [1.29, 1.82) is 0 Å². The number of likely N-dealkylation sites (tertiary alicyclic amines) is 1. The zero-order chi connectivity index (χ0) is 18.1. The average molecular weight is 370 g/mol. The molecule has 3 heterocycles. The first-order chi connectivity index (χ1) is 11.7. The number of fused-ring (bicyclic) bond motifs is 2. The van der Waals surface area contributed by atoms with Crippen molar-refractivity contribution in [2.75, 3.05) is 6.54 Å². The fraction of sp³-hybridized carbons (Fsp3) is 0.438. The molecule has 1 saturated heterocycles. The number of alkyl halides is 3. The highest BCUT2D eigenvalue weighted by Crippen LogP contribution is 2.50. The molecule has 0 aromatic carbocycles. The molecular formula is C16H13F3N2O3S. The molecule has 1 N–H and O–H groups in total. The Kier molecular flexibility index (Phi) is 3.37. The van der Waals surface area contributed by atoms with Crippen LogP contribution in [0.25, 0.3) is 10.2 Å². The number of aliphatic carboxylic acids is 1. The maximum atomic E-state index is 12.8. The minimum Gasteiger partial charge on any atom is -0.480 e. The van der Waals surface area contributed by atoms with Gasteiger partial charge in [0.25, 0.3) is 5.91 Å². The third-order valence-electron chi connectivity index (χ3n) is 4.95. The zero-order valence-corrected chi connectivity index (χ0v) is 13.8. The van der Waals surface area contributed by atoms with Crippen LogP contribution in [0.5, 0.6) is 0 Å². The van der Waals surface area contributed by atoms with Crippen LogP contribution < -0.4 is 0 Å². The van der Waals surface area contributed by atoms with Crippen LogP contribution in [0.1, 0.15) is 27.3 Å². The lowest BCUT2D eigenvalue weighted by molar-refractivity contribution is -0.142. The highest BCUT2D eigenvalue weighted by atomic mass is 32.1. The van der Waals surface area contributed by atoms with E-state index in [0.29, 0.717) is 17.5 Å². The van der Waals surface area contributed by atoms with Crippen molar-refractivity contribution in [2.24, 2.45) is 11.8 Å². The number of hydrogen-bond acceptors (Lipinski definition) is 4. The molecule has 1 aliphatic carbocycles. The Morgan fingerprint density at radius 3 is 2.72 bits per heavy atom. The van der Waals surface area contributed by atoms with E-state index in [4.69, 9.17) is 0 Å². The number of aryl methyl sites for hydroxylation is 1. The van der Waals surface area contributed by atoms with Crippen LogP contribution in [0.2, 0.25) is 0 Å². The van der Waals surface area contributed by atoms with Crippen LogP contribution in [0.15, 0.2) is 12.1 Å². The Balaban J connectivity index is 1.73. The van der Waals surface area contributed by atoms with Gasteiger partial charge in [-0.05, 0) is 42.9 Å². The van der Waals surface area contributed by atoms with E-state index in [1.165, 1.54) is 11.0 Å². The van der Waals surface area contributed by atoms with E-state index in [9.17, 15) is 27.9 Å². The Morgan fingerprint density at radius 2 is 2.08 bits per heavy atom. The molecular weight excluding hydrogens is 357 g/mol. The van der Waals surface area contributed by atoms with E-state index in [0.717, 1.165) is 23.8 Å². The SMILES string of the molecule is Cc1c(C(=O)N2C[C@@H]3C[C@@H]3[C@@H]2C(=O)O)sc2nc(C(F)(F)F)ccc12. The van der Waals surface area contributed by atoms with E-state index in [1.807, 2.05) is 0 Å². The summed E-state index contributed by atoms with van der Waals surface area (Å²) in [4.78, 5) is 29.6. The van der Waals surface area contributed by atoms with Gasteiger partial charge >= 0.3 is 12.1 Å². The summed E-state index contributed by atoms with van der Waals surface area (Å²) in [7, 11) is 0. The Morgan fingerprint density at radius 1 is 1.36 bits per heavy atom. The molecule has 1 aliphatic heterocycles. The minimum absolute atomic E-state index is 0.00825. The summed E-state index contributed by atoms with van der Waals surface area (Å²) in [6, 6.07) is 1.35. The smallest absolute Gasteiger partial charge is 0.433 e. The van der Waals surface area contributed by atoms with Crippen molar-refractivity contribution in [3.05, 3.63) is 28.3 Å². The standard InChI is InChI=1S/C16H13F3N2O3S/c1-6-8-2-3-10(16(17,18)19)20-13(8)25-12(6)14(22)21-5-7-4-9(7)11(21)15(23)24/h2-3,7,9,11H,4-5H2,1H3,(H,23,24)/t7-,9-,11+/m0/s1. The number of aromatic nitrogens is 1. The predicted molar refractivity (Wildman–Crippen MR) is 83.4 cm³/mol. The van der Waals surface area contributed by atoms with Crippen molar-refractivity contribution in [3.8, 4) is 0 Å². The number of amides is 1. The van der Waals surface area contributed by atoms with Gasteiger partial charge in [-0.2, -0.15) is 13.2 Å². The number of carboxylic acid groups (broad SMARTS) is 1. The van der Waals surface area contributed by atoms with Crippen molar-refractivity contribution in [2.45, 2.75) is 25.6 Å². The summed E-state index contributed by atoms with van der Waals surface area (Å²) in [5, 5.41) is 9.87. The molecule has 3 atom stereocenters. The predicted octanol–water partition coefficient (Wildman–Crippen LogP) is 3.17. The first-order valence-electron chi connectivity index (χ1n) is 7.69. The van der Waals surface area contributed by atoms with Crippen molar-refractivity contribution in [3.63, 3.8) is 0 Å². The molecule has 0 bridgehead atoms. The molecule has 2 aromatic heterocycles. The molecule has 2 fully saturated rings. The van der Waals surface area contributed by atoms with Crippen LogP contribution in [-0.2, 0) is 11.0 Å². The molecule has 1 saturated carbocycles. The van der Waals surface area contributed by atoms with Gasteiger partial charge in [0.2, 0.25) is 0 Å². The largest absolute Gasteiger partial charge is 0.480 e. The van der Waals surface area contributed by atoms with Gasteiger partial charge in [-0.1, -0.05) is 0 Å². The van der Waals surface area contributed by atoms with Gasteiger partial charge in [-0.3, -0.25) is 4.79 Å². The van der Waals surface area contributed by atoms with Crippen LogP contribution in [-0.4, -0.2) is 39.5 Å². The molecule has 2 aromatic rings. The van der Waals surface area contributed by atoms with Crippen LogP contribution >= 0.6 is 11.3 Å². The van der Waals surface area contributed by atoms with Gasteiger partial charge in [0.15, 0.2) is 0 Å². The van der Waals surface area contributed by atoms with E-state index < -0.39 is 29.8 Å². The third-order valence-corrected chi connectivity index (χ3v) is 6.14. The second-order valence-corrected chi connectivity index (χ2v) is 7.50. The highest BCUT2D eigenvalue weighted by molar-refractivity contribution is 7.20. The molecule has 2 aliphatic rings. The molecule has 4 rings (SSSR count). The number of carboxylic acids is 1. The van der Waals surface area contributed by atoms with Gasteiger partial charge in [-0.25, -0.2) is 9.78 Å². The first kappa shape index (κ1) is 16.3. The van der Waals surface area contributed by atoms with Gasteiger partial charge in [0, 0.05) is 11.9 Å². The normalized spacial score (nSPS) is 25.3. The Labute approximate surface area is 144 Å². The summed E-state index contributed by atoms with van der Waals surface area (Å²) in [5.74, 6) is -1.26. The number of hydrogen-bond donors (Lipinski definition) is 1. The second-order valence-electron chi connectivity index (χ2n) is 6.50. The number of piperidine rings is 1. The zero-order valence-electron chi connectivity index (χ0n) is 13.0. The second kappa shape index (κ2) is 5.17. The number of carbonyl (C=O) groups excluding carboxylic acids is 1. The molecule has 5 nitrogen and oxygen atoms in total. The summed E-state index contributed by atoms with van der Waals surface area (Å²) < 4.78 is 38.5. The Hall–Kier alpha value is -2.16. The van der Waals surface area contributed by atoms with Gasteiger partial charge in [-0.15, -0.1) is 11.3 Å². The first-order valence-corrected chi connectivity index (χ1v) is 8.51. The summed E-state index contributed by atoms with van der Waals surface area (Å²) in [6.45, 7) is 2.03. The molecule has 0 radical (unpaired) electrons. The van der Waals surface area contributed by atoms with Gasteiger partial charge in [0.05, 0.1) is 4.88 Å². The molecule has 0 spiro atoms. The molecule has 9 heteroatoms. The monoisotopic (exact) mass is 370 g/mol.